The highest BCUT2D eigenvalue weighted by molar-refractivity contribution is 6.14. The van der Waals surface area contributed by atoms with Crippen LogP contribution in [0.3, 0.4) is 0 Å². The lowest BCUT2D eigenvalue weighted by atomic mass is 10.1. The third-order valence-electron chi connectivity index (χ3n) is 5.32. The van der Waals surface area contributed by atoms with Crippen LogP contribution in [0, 0.1) is 6.92 Å². The molecule has 2 aromatic heterocycles. The van der Waals surface area contributed by atoms with Crippen LogP contribution in [-0.2, 0) is 7.05 Å². The second kappa shape index (κ2) is 9.00. The second-order valence-electron chi connectivity index (χ2n) is 7.10. The Morgan fingerprint density at radius 1 is 1.19 bits per heavy atom. The summed E-state index contributed by atoms with van der Waals surface area (Å²) in [5.74, 6) is 1.21. The van der Waals surface area contributed by atoms with E-state index in [1.807, 2.05) is 18.3 Å². The maximum atomic E-state index is 9.94. The van der Waals surface area contributed by atoms with Crippen molar-refractivity contribution in [3.63, 3.8) is 0 Å². The predicted octanol–water partition coefficient (Wildman–Crippen LogP) is 4.48. The highest BCUT2D eigenvalue weighted by Gasteiger charge is 2.16. The van der Waals surface area contributed by atoms with E-state index in [1.165, 1.54) is 31.4 Å². The summed E-state index contributed by atoms with van der Waals surface area (Å²) in [7, 11) is 2.08. The standard InChI is InChI=1S/C20H26N4O.2ClH/c1-14-13-22-20(21-8-5-11-24-9-3-4-10-24)18-16-12-15(25)6-7-17(16)23(2)19(14)18;;/h6-7,12-13,25H,3-5,8-11H2,1-2H3,(H,21,22);2*1H. The van der Waals surface area contributed by atoms with Crippen LogP contribution < -0.4 is 5.32 Å². The van der Waals surface area contributed by atoms with Gasteiger partial charge < -0.3 is 19.9 Å². The number of aromatic nitrogens is 2. The lowest BCUT2D eigenvalue weighted by molar-refractivity contribution is 0.337. The fourth-order valence-electron chi connectivity index (χ4n) is 4.07. The van der Waals surface area contributed by atoms with Gasteiger partial charge in [0.15, 0.2) is 0 Å². The normalized spacial score (nSPS) is 14.3. The van der Waals surface area contributed by atoms with E-state index in [1.54, 1.807) is 6.07 Å². The fraction of sp³-hybridized carbons (Fsp3) is 0.450. The summed E-state index contributed by atoms with van der Waals surface area (Å²) >= 11 is 0. The molecule has 0 spiro atoms. The number of hydrogen-bond donors (Lipinski definition) is 2. The van der Waals surface area contributed by atoms with Crippen LogP contribution in [0.2, 0.25) is 0 Å². The molecule has 0 amide bonds. The van der Waals surface area contributed by atoms with Crippen molar-refractivity contribution >= 4 is 52.4 Å². The van der Waals surface area contributed by atoms with Gasteiger partial charge in [0.2, 0.25) is 0 Å². The first kappa shape index (κ1) is 21.6. The van der Waals surface area contributed by atoms with Gasteiger partial charge in [-0.1, -0.05) is 0 Å². The van der Waals surface area contributed by atoms with E-state index in [-0.39, 0.29) is 24.8 Å². The first-order valence-electron chi connectivity index (χ1n) is 9.18. The number of likely N-dealkylation sites (tertiary alicyclic amines) is 1. The van der Waals surface area contributed by atoms with Gasteiger partial charge in [-0.2, -0.15) is 0 Å². The van der Waals surface area contributed by atoms with Crippen LogP contribution in [0.25, 0.3) is 21.8 Å². The van der Waals surface area contributed by atoms with Crippen molar-refractivity contribution in [3.05, 3.63) is 30.0 Å². The van der Waals surface area contributed by atoms with Gasteiger partial charge in [-0.25, -0.2) is 4.98 Å². The van der Waals surface area contributed by atoms with Crippen LogP contribution in [0.4, 0.5) is 5.82 Å². The maximum Gasteiger partial charge on any atom is 0.136 e. The Balaban J connectivity index is 0.00000131. The lowest BCUT2D eigenvalue weighted by Gasteiger charge is -2.15. The molecule has 2 N–H and O–H groups in total. The number of aryl methyl sites for hydroxylation is 2. The van der Waals surface area contributed by atoms with E-state index in [9.17, 15) is 5.11 Å². The Morgan fingerprint density at radius 3 is 2.67 bits per heavy atom. The number of halogens is 2. The smallest absolute Gasteiger partial charge is 0.136 e. The molecule has 4 rings (SSSR count). The van der Waals surface area contributed by atoms with Gasteiger partial charge in [0.05, 0.1) is 10.9 Å². The zero-order valence-corrected chi connectivity index (χ0v) is 17.5. The zero-order chi connectivity index (χ0) is 17.4. The predicted molar refractivity (Wildman–Crippen MR) is 118 cm³/mol. The minimum Gasteiger partial charge on any atom is -0.508 e. The highest BCUT2D eigenvalue weighted by Crippen LogP contribution is 2.35. The number of phenols is 1. The highest BCUT2D eigenvalue weighted by atomic mass is 35.5. The van der Waals surface area contributed by atoms with Gasteiger partial charge >= 0.3 is 0 Å². The molecule has 0 saturated carbocycles. The first-order chi connectivity index (χ1) is 12.1. The molecule has 27 heavy (non-hydrogen) atoms. The van der Waals surface area contributed by atoms with E-state index in [0.717, 1.165) is 47.2 Å². The molecule has 1 fully saturated rings. The van der Waals surface area contributed by atoms with Gasteiger partial charge in [-0.15, -0.1) is 24.8 Å². The molecule has 0 aliphatic carbocycles. The number of rotatable bonds is 5. The monoisotopic (exact) mass is 410 g/mol. The van der Waals surface area contributed by atoms with Gasteiger partial charge in [-0.05, 0) is 69.6 Å². The van der Waals surface area contributed by atoms with Crippen molar-refractivity contribution in [2.24, 2.45) is 7.05 Å². The molecule has 0 unspecified atom stereocenters. The number of aromatic hydroxyl groups is 1. The van der Waals surface area contributed by atoms with Gasteiger partial charge in [0.1, 0.15) is 11.6 Å². The molecule has 1 saturated heterocycles. The Kier molecular flexibility index (Phi) is 7.20. The summed E-state index contributed by atoms with van der Waals surface area (Å²) in [5, 5.41) is 15.6. The van der Waals surface area contributed by atoms with Crippen LogP contribution in [-0.4, -0.2) is 45.7 Å². The molecule has 0 radical (unpaired) electrons. The number of hydrogen-bond acceptors (Lipinski definition) is 4. The summed E-state index contributed by atoms with van der Waals surface area (Å²) in [5.41, 5.74) is 3.44. The lowest BCUT2D eigenvalue weighted by Crippen LogP contribution is -2.22. The largest absolute Gasteiger partial charge is 0.508 e. The molecule has 0 bridgehead atoms. The van der Waals surface area contributed by atoms with E-state index in [4.69, 9.17) is 0 Å². The second-order valence-corrected chi connectivity index (χ2v) is 7.10. The summed E-state index contributed by atoms with van der Waals surface area (Å²) in [6.07, 6.45) is 5.73. The fourth-order valence-corrected chi connectivity index (χ4v) is 4.07. The van der Waals surface area contributed by atoms with Gasteiger partial charge in [0.25, 0.3) is 0 Å². The van der Waals surface area contributed by atoms with Gasteiger partial charge in [0, 0.05) is 30.7 Å². The molecule has 0 atom stereocenters. The number of fused-ring (bicyclic) bond motifs is 3. The number of phenolic OH excluding ortho intramolecular Hbond substituents is 1. The topological polar surface area (TPSA) is 53.3 Å². The third kappa shape index (κ3) is 4.10. The Morgan fingerprint density at radius 2 is 1.93 bits per heavy atom. The Bertz CT molecular complexity index is 919. The Labute approximate surface area is 172 Å². The quantitative estimate of drug-likeness (QED) is 0.608. The van der Waals surface area contributed by atoms with Crippen LogP contribution >= 0.6 is 24.8 Å². The SMILES string of the molecule is Cc1cnc(NCCCN2CCCC2)c2c3cc(O)ccc3n(C)c12.Cl.Cl. The number of nitrogens with one attached hydrogen (secondary N) is 1. The molecular weight excluding hydrogens is 383 g/mol. The summed E-state index contributed by atoms with van der Waals surface area (Å²) in [4.78, 5) is 7.19. The van der Waals surface area contributed by atoms with Crippen molar-refractivity contribution in [2.45, 2.75) is 26.2 Å². The average molecular weight is 411 g/mol. The van der Waals surface area contributed by atoms with Crippen LogP contribution in [0.1, 0.15) is 24.8 Å². The molecule has 1 aromatic carbocycles. The molecule has 148 valence electrons. The average Bonchev–Trinajstić information content (AvgIpc) is 3.21. The molecule has 1 aliphatic rings. The van der Waals surface area contributed by atoms with Crippen molar-refractivity contribution in [1.29, 1.82) is 0 Å². The molecule has 3 heterocycles. The molecule has 5 nitrogen and oxygen atoms in total. The number of anilines is 1. The van der Waals surface area contributed by atoms with E-state index in [0.29, 0.717) is 5.75 Å². The minimum absolute atomic E-state index is 0. The zero-order valence-electron chi connectivity index (χ0n) is 15.9. The summed E-state index contributed by atoms with van der Waals surface area (Å²) in [6, 6.07) is 5.56. The molecule has 3 aromatic rings. The first-order valence-corrected chi connectivity index (χ1v) is 9.18. The van der Waals surface area contributed by atoms with Crippen molar-refractivity contribution in [3.8, 4) is 5.75 Å². The van der Waals surface area contributed by atoms with E-state index >= 15 is 0 Å². The number of nitrogens with zero attached hydrogens (tertiary/aromatic N) is 3. The third-order valence-corrected chi connectivity index (χ3v) is 5.32. The van der Waals surface area contributed by atoms with Crippen molar-refractivity contribution in [1.82, 2.24) is 14.5 Å². The van der Waals surface area contributed by atoms with E-state index < -0.39 is 0 Å². The molecular formula is C20H28Cl2N4O. The maximum absolute atomic E-state index is 9.94. The summed E-state index contributed by atoms with van der Waals surface area (Å²) < 4.78 is 2.19. The summed E-state index contributed by atoms with van der Waals surface area (Å²) in [6.45, 7) is 6.64. The van der Waals surface area contributed by atoms with Crippen LogP contribution in [0.15, 0.2) is 24.4 Å². The molecule has 7 heteroatoms. The van der Waals surface area contributed by atoms with E-state index in [2.05, 4.69) is 33.7 Å². The van der Waals surface area contributed by atoms with Crippen molar-refractivity contribution in [2.75, 3.05) is 31.5 Å². The minimum atomic E-state index is 0. The Hall–Kier alpha value is -1.69. The number of pyridine rings is 1. The van der Waals surface area contributed by atoms with Gasteiger partial charge in [-0.3, -0.25) is 0 Å². The van der Waals surface area contributed by atoms with Crippen molar-refractivity contribution < 1.29 is 5.11 Å². The molecule has 1 aliphatic heterocycles. The number of benzene rings is 1. The van der Waals surface area contributed by atoms with Crippen LogP contribution in [0.5, 0.6) is 5.75 Å².